The molecule has 3 aromatic carbocycles. The fourth-order valence-electron chi connectivity index (χ4n) is 3.49. The lowest BCUT2D eigenvalue weighted by molar-refractivity contribution is -0.920. The van der Waals surface area contributed by atoms with Crippen LogP contribution < -0.4 is 10.2 Å². The van der Waals surface area contributed by atoms with E-state index in [2.05, 4.69) is 29.6 Å². The average molecular weight is 418 g/mol. The highest BCUT2D eigenvalue weighted by atomic mass is 16.5. The lowest BCUT2D eigenvalue weighted by Crippen LogP contribution is -3.10. The highest BCUT2D eigenvalue weighted by Gasteiger charge is 2.18. The summed E-state index contributed by atoms with van der Waals surface area (Å²) in [4.78, 5) is 25.8. The Morgan fingerprint density at radius 2 is 1.35 bits per heavy atom. The van der Waals surface area contributed by atoms with Crippen molar-refractivity contribution in [2.24, 2.45) is 0 Å². The summed E-state index contributed by atoms with van der Waals surface area (Å²) in [6.07, 6.45) is 0.813. The zero-order valence-corrected chi connectivity index (χ0v) is 17.8. The van der Waals surface area contributed by atoms with Crippen LogP contribution in [0.4, 0.5) is 5.69 Å². The number of nitrogens with one attached hydrogen (secondary N) is 2. The zero-order chi connectivity index (χ0) is 21.9. The second-order valence-corrected chi connectivity index (χ2v) is 7.47. The molecule has 3 aromatic rings. The van der Waals surface area contributed by atoms with Gasteiger partial charge in [-0.2, -0.15) is 0 Å². The fourth-order valence-corrected chi connectivity index (χ4v) is 3.49. The molecule has 3 rings (SSSR count). The van der Waals surface area contributed by atoms with Crippen LogP contribution in [0.3, 0.4) is 0 Å². The Hall–Kier alpha value is -3.44. The number of benzene rings is 3. The number of ether oxygens (including phenoxy) is 1. The number of carbonyl (C=O) groups is 2. The summed E-state index contributed by atoms with van der Waals surface area (Å²) in [6.45, 7) is 3.31. The Balaban J connectivity index is 1.55. The van der Waals surface area contributed by atoms with E-state index in [0.717, 1.165) is 33.7 Å². The van der Waals surface area contributed by atoms with Crippen LogP contribution in [0.15, 0.2) is 84.9 Å². The van der Waals surface area contributed by atoms with Crippen LogP contribution in [0.5, 0.6) is 0 Å². The Bertz CT molecular complexity index is 933. The van der Waals surface area contributed by atoms with Gasteiger partial charge in [0.1, 0.15) is 13.1 Å². The van der Waals surface area contributed by atoms with Gasteiger partial charge < -0.3 is 15.0 Å². The number of amides is 1. The molecule has 1 amide bonds. The van der Waals surface area contributed by atoms with Crippen LogP contribution in [0.1, 0.15) is 23.6 Å². The molecule has 0 unspecified atom stereocenters. The van der Waals surface area contributed by atoms with Crippen molar-refractivity contribution in [3.05, 3.63) is 102 Å². The van der Waals surface area contributed by atoms with Crippen molar-refractivity contribution >= 4 is 17.6 Å². The molecule has 0 saturated carbocycles. The first-order valence-electron chi connectivity index (χ1n) is 10.6. The molecule has 0 aliphatic heterocycles. The zero-order valence-electron chi connectivity index (χ0n) is 17.8. The molecule has 0 aromatic heterocycles. The van der Waals surface area contributed by atoms with Crippen molar-refractivity contribution in [1.82, 2.24) is 0 Å². The second-order valence-electron chi connectivity index (χ2n) is 7.47. The molecule has 5 nitrogen and oxygen atoms in total. The highest BCUT2D eigenvalue weighted by Crippen LogP contribution is 2.15. The van der Waals surface area contributed by atoms with Gasteiger partial charge in [0, 0.05) is 16.8 Å². The first kappa shape index (κ1) is 22.2. The average Bonchev–Trinajstić information content (AvgIpc) is 2.79. The molecule has 0 heterocycles. The maximum Gasteiger partial charge on any atom is 0.362 e. The van der Waals surface area contributed by atoms with Gasteiger partial charge >= 0.3 is 5.97 Å². The van der Waals surface area contributed by atoms with Crippen LogP contribution in [0.2, 0.25) is 0 Å². The molecule has 0 bridgehead atoms. The molecule has 5 heteroatoms. The SMILES string of the molecule is CCc1ccccc1NC(=O)COC(=O)C[NH+](Cc1ccccc1)Cc1ccccc1. The second kappa shape index (κ2) is 11.7. The van der Waals surface area contributed by atoms with Gasteiger partial charge in [0.2, 0.25) is 0 Å². The molecule has 0 aliphatic carbocycles. The van der Waals surface area contributed by atoms with Gasteiger partial charge in [0.05, 0.1) is 0 Å². The van der Waals surface area contributed by atoms with Crippen molar-refractivity contribution in [3.63, 3.8) is 0 Å². The number of carbonyl (C=O) groups excluding carboxylic acids is 2. The van der Waals surface area contributed by atoms with Gasteiger partial charge in [-0.1, -0.05) is 85.8 Å². The molecule has 2 N–H and O–H groups in total. The topological polar surface area (TPSA) is 59.8 Å². The number of hydrogen-bond acceptors (Lipinski definition) is 3. The summed E-state index contributed by atoms with van der Waals surface area (Å²) in [5, 5.41) is 2.83. The highest BCUT2D eigenvalue weighted by molar-refractivity contribution is 5.93. The maximum atomic E-state index is 12.5. The standard InChI is InChI=1S/C26H28N2O3/c1-2-23-15-9-10-16-24(23)27-25(29)20-31-26(30)19-28(17-21-11-5-3-6-12-21)18-22-13-7-4-8-14-22/h3-16H,2,17-20H2,1H3,(H,27,29)/p+1. The molecule has 31 heavy (non-hydrogen) atoms. The van der Waals surface area contributed by atoms with E-state index in [1.54, 1.807) is 0 Å². The number of hydrogen-bond donors (Lipinski definition) is 2. The van der Waals surface area contributed by atoms with Gasteiger partial charge in [-0.05, 0) is 18.1 Å². The molecule has 0 fully saturated rings. The van der Waals surface area contributed by atoms with Gasteiger partial charge in [0.25, 0.3) is 5.91 Å². The largest absolute Gasteiger partial charge is 0.451 e. The Labute approximate surface area is 183 Å². The third-order valence-electron chi connectivity index (χ3n) is 5.02. The normalized spacial score (nSPS) is 10.6. The van der Waals surface area contributed by atoms with E-state index in [1.807, 2.05) is 67.6 Å². The Kier molecular flexibility index (Phi) is 8.38. The number of aryl methyl sites for hydroxylation is 1. The van der Waals surface area contributed by atoms with Crippen LogP contribution >= 0.6 is 0 Å². The van der Waals surface area contributed by atoms with Crippen LogP contribution in [-0.4, -0.2) is 25.0 Å². The Morgan fingerprint density at radius 3 is 1.94 bits per heavy atom. The van der Waals surface area contributed by atoms with Crippen molar-refractivity contribution in [3.8, 4) is 0 Å². The Morgan fingerprint density at radius 1 is 0.806 bits per heavy atom. The van der Waals surface area contributed by atoms with Crippen molar-refractivity contribution in [2.75, 3.05) is 18.5 Å². The number of quaternary nitrogens is 1. The molecule has 0 radical (unpaired) electrons. The monoisotopic (exact) mass is 417 g/mol. The lowest BCUT2D eigenvalue weighted by atomic mass is 10.1. The summed E-state index contributed by atoms with van der Waals surface area (Å²) in [5.74, 6) is -0.720. The lowest BCUT2D eigenvalue weighted by Gasteiger charge is -2.19. The first-order chi connectivity index (χ1) is 15.1. The van der Waals surface area contributed by atoms with E-state index < -0.39 is 0 Å². The van der Waals surface area contributed by atoms with E-state index in [1.165, 1.54) is 0 Å². The van der Waals surface area contributed by atoms with Gasteiger partial charge in [0.15, 0.2) is 13.2 Å². The summed E-state index contributed by atoms with van der Waals surface area (Å²) in [6, 6.07) is 27.7. The van der Waals surface area contributed by atoms with Crippen LogP contribution in [0, 0.1) is 0 Å². The van der Waals surface area contributed by atoms with Crippen LogP contribution in [0.25, 0.3) is 0 Å². The first-order valence-corrected chi connectivity index (χ1v) is 10.6. The van der Waals surface area contributed by atoms with Crippen LogP contribution in [-0.2, 0) is 33.8 Å². The quantitative estimate of drug-likeness (QED) is 0.499. The van der Waals surface area contributed by atoms with E-state index in [4.69, 9.17) is 4.74 Å². The number of anilines is 1. The number of rotatable bonds is 10. The minimum absolute atomic E-state index is 0.183. The number of esters is 1. The van der Waals surface area contributed by atoms with Gasteiger partial charge in [-0.25, -0.2) is 4.79 Å². The molecule has 160 valence electrons. The predicted molar refractivity (Wildman–Crippen MR) is 122 cm³/mol. The van der Waals surface area contributed by atoms with Crippen molar-refractivity contribution < 1.29 is 19.2 Å². The van der Waals surface area contributed by atoms with Crippen molar-refractivity contribution in [2.45, 2.75) is 26.4 Å². The van der Waals surface area contributed by atoms with E-state index >= 15 is 0 Å². The summed E-state index contributed by atoms with van der Waals surface area (Å²) in [7, 11) is 0. The fraction of sp³-hybridized carbons (Fsp3) is 0.231. The molecular formula is C26H29N2O3+. The minimum atomic E-state index is -0.388. The van der Waals surface area contributed by atoms with Gasteiger partial charge in [-0.3, -0.25) is 4.79 Å². The third kappa shape index (κ3) is 7.39. The van der Waals surface area contributed by atoms with E-state index in [-0.39, 0.29) is 25.0 Å². The molecule has 0 spiro atoms. The van der Waals surface area contributed by atoms with Crippen molar-refractivity contribution in [1.29, 1.82) is 0 Å². The summed E-state index contributed by atoms with van der Waals surface area (Å²) in [5.41, 5.74) is 4.10. The smallest absolute Gasteiger partial charge is 0.362 e. The molecule has 0 atom stereocenters. The molecule has 0 aliphatic rings. The third-order valence-corrected chi connectivity index (χ3v) is 5.02. The van der Waals surface area contributed by atoms with E-state index in [0.29, 0.717) is 13.1 Å². The summed E-state index contributed by atoms with van der Waals surface area (Å²) >= 11 is 0. The number of para-hydroxylation sites is 1. The summed E-state index contributed by atoms with van der Waals surface area (Å²) < 4.78 is 5.28. The minimum Gasteiger partial charge on any atom is -0.451 e. The van der Waals surface area contributed by atoms with E-state index in [9.17, 15) is 9.59 Å². The molecular weight excluding hydrogens is 388 g/mol. The molecule has 0 saturated heterocycles. The predicted octanol–water partition coefficient (Wildman–Crippen LogP) is 3.02. The maximum absolute atomic E-state index is 12.5. The van der Waals surface area contributed by atoms with Gasteiger partial charge in [-0.15, -0.1) is 0 Å².